The molecule has 2 heterocycles. The highest BCUT2D eigenvalue weighted by Crippen LogP contribution is 2.29. The first kappa shape index (κ1) is 17.9. The van der Waals surface area contributed by atoms with E-state index in [1.165, 1.54) is 0 Å². The van der Waals surface area contributed by atoms with Gasteiger partial charge >= 0.3 is 0 Å². The average molecular weight is 408 g/mol. The van der Waals surface area contributed by atoms with Crippen LogP contribution in [-0.4, -0.2) is 60.2 Å². The third kappa shape index (κ3) is 3.71. The van der Waals surface area contributed by atoms with Gasteiger partial charge in [0.15, 0.2) is 0 Å². The molecule has 3 rings (SSSR count). The fourth-order valence-corrected chi connectivity index (χ4v) is 3.67. The summed E-state index contributed by atoms with van der Waals surface area (Å²) in [5.41, 5.74) is 1.89. The summed E-state index contributed by atoms with van der Waals surface area (Å²) in [7, 11) is 0. The number of anilines is 1. The molecule has 0 aliphatic carbocycles. The number of hydrogen-bond acceptors (Lipinski definition) is 3. The van der Waals surface area contributed by atoms with Gasteiger partial charge in [0.25, 0.3) is 0 Å². The second kappa shape index (κ2) is 7.15. The summed E-state index contributed by atoms with van der Waals surface area (Å²) >= 11 is 3.46. The number of benzene rings is 1. The maximum absolute atomic E-state index is 12.8. The van der Waals surface area contributed by atoms with Crippen molar-refractivity contribution in [3.8, 4) is 0 Å². The van der Waals surface area contributed by atoms with E-state index in [2.05, 4.69) is 15.9 Å². The summed E-state index contributed by atoms with van der Waals surface area (Å²) in [4.78, 5) is 41.8. The Kier molecular flexibility index (Phi) is 5.13. The van der Waals surface area contributed by atoms with Gasteiger partial charge in [0.05, 0.1) is 5.92 Å². The van der Waals surface area contributed by atoms with Crippen molar-refractivity contribution in [1.82, 2.24) is 9.80 Å². The van der Waals surface area contributed by atoms with Gasteiger partial charge in [-0.2, -0.15) is 0 Å². The van der Waals surface area contributed by atoms with Crippen LogP contribution < -0.4 is 4.90 Å². The van der Waals surface area contributed by atoms with Gasteiger partial charge < -0.3 is 14.7 Å². The molecular weight excluding hydrogens is 386 g/mol. The van der Waals surface area contributed by atoms with Crippen molar-refractivity contribution >= 4 is 39.3 Å². The van der Waals surface area contributed by atoms with Crippen LogP contribution in [0.4, 0.5) is 5.69 Å². The molecule has 1 aromatic rings. The number of halogens is 1. The quantitative estimate of drug-likeness (QED) is 0.750. The number of aryl methyl sites for hydroxylation is 1. The van der Waals surface area contributed by atoms with Crippen LogP contribution in [-0.2, 0) is 14.4 Å². The zero-order chi connectivity index (χ0) is 18.1. The van der Waals surface area contributed by atoms with E-state index >= 15 is 0 Å². The summed E-state index contributed by atoms with van der Waals surface area (Å²) in [6.07, 6.45) is 0.251. The monoisotopic (exact) mass is 407 g/mol. The molecule has 2 saturated heterocycles. The summed E-state index contributed by atoms with van der Waals surface area (Å²) in [5, 5.41) is 0. The number of carbonyl (C=O) groups is 3. The molecule has 0 bridgehead atoms. The molecule has 2 aliphatic rings. The van der Waals surface area contributed by atoms with Crippen molar-refractivity contribution in [3.63, 3.8) is 0 Å². The van der Waals surface area contributed by atoms with Crippen LogP contribution in [0.25, 0.3) is 0 Å². The molecule has 1 atom stereocenters. The van der Waals surface area contributed by atoms with Crippen LogP contribution in [0.2, 0.25) is 0 Å². The summed E-state index contributed by atoms with van der Waals surface area (Å²) < 4.78 is 0.999. The van der Waals surface area contributed by atoms with Crippen LogP contribution >= 0.6 is 15.9 Å². The number of piperazine rings is 1. The molecule has 0 unspecified atom stereocenters. The van der Waals surface area contributed by atoms with E-state index in [0.29, 0.717) is 32.7 Å². The van der Waals surface area contributed by atoms with Gasteiger partial charge in [-0.25, -0.2) is 0 Å². The number of carbonyl (C=O) groups excluding carboxylic acids is 3. The van der Waals surface area contributed by atoms with Gasteiger partial charge in [-0.15, -0.1) is 0 Å². The first-order chi connectivity index (χ1) is 11.9. The Morgan fingerprint density at radius 3 is 2.36 bits per heavy atom. The lowest BCUT2D eigenvalue weighted by molar-refractivity contribution is -0.141. The van der Waals surface area contributed by atoms with Crippen LogP contribution in [0.3, 0.4) is 0 Å². The molecule has 3 amide bonds. The lowest BCUT2D eigenvalue weighted by Gasteiger charge is -2.35. The zero-order valence-electron chi connectivity index (χ0n) is 14.5. The van der Waals surface area contributed by atoms with E-state index in [1.807, 2.05) is 25.1 Å². The van der Waals surface area contributed by atoms with Gasteiger partial charge in [0.1, 0.15) is 0 Å². The lowest BCUT2D eigenvalue weighted by Crippen LogP contribution is -2.51. The third-order valence-corrected chi connectivity index (χ3v) is 5.85. The highest BCUT2D eigenvalue weighted by Gasteiger charge is 2.38. The first-order valence-corrected chi connectivity index (χ1v) is 9.27. The third-order valence-electron chi connectivity index (χ3n) is 4.96. The molecule has 0 saturated carbocycles. The van der Waals surface area contributed by atoms with E-state index < -0.39 is 0 Å². The summed E-state index contributed by atoms with van der Waals surface area (Å²) in [6, 6.07) is 5.78. The van der Waals surface area contributed by atoms with Gasteiger partial charge in [-0.3, -0.25) is 14.4 Å². The Balaban J connectivity index is 1.65. The number of nitrogens with zero attached hydrogens (tertiary/aromatic N) is 3. The highest BCUT2D eigenvalue weighted by atomic mass is 79.9. The molecular formula is C18H22BrN3O3. The van der Waals surface area contributed by atoms with Crippen molar-refractivity contribution in [2.24, 2.45) is 5.92 Å². The fraction of sp³-hybridized carbons (Fsp3) is 0.500. The molecule has 0 radical (unpaired) electrons. The first-order valence-electron chi connectivity index (χ1n) is 8.47. The maximum Gasteiger partial charge on any atom is 0.228 e. The summed E-state index contributed by atoms with van der Waals surface area (Å²) in [6.45, 7) is 6.16. The predicted octanol–water partition coefficient (Wildman–Crippen LogP) is 1.80. The number of hydrogen-bond donors (Lipinski definition) is 0. The average Bonchev–Trinajstić information content (AvgIpc) is 2.98. The van der Waals surface area contributed by atoms with Crippen LogP contribution in [0.1, 0.15) is 18.9 Å². The minimum Gasteiger partial charge on any atom is -0.339 e. The molecule has 2 fully saturated rings. The van der Waals surface area contributed by atoms with Crippen molar-refractivity contribution in [3.05, 3.63) is 28.2 Å². The SMILES string of the molecule is CC(=O)N1CCN(C(=O)[C@@H]2CC(=O)N(c3ccc(Br)c(C)c3)C2)CC1. The molecule has 0 N–H and O–H groups in total. The van der Waals surface area contributed by atoms with Gasteiger partial charge in [-0.1, -0.05) is 15.9 Å². The van der Waals surface area contributed by atoms with Crippen LogP contribution in [0, 0.1) is 12.8 Å². The highest BCUT2D eigenvalue weighted by molar-refractivity contribution is 9.10. The molecule has 0 aromatic heterocycles. The molecule has 134 valence electrons. The summed E-state index contributed by atoms with van der Waals surface area (Å²) in [5.74, 6) is -0.254. The van der Waals surface area contributed by atoms with Crippen molar-refractivity contribution < 1.29 is 14.4 Å². The lowest BCUT2D eigenvalue weighted by atomic mass is 10.1. The van der Waals surface area contributed by atoms with Gasteiger partial charge in [0.2, 0.25) is 17.7 Å². The fourth-order valence-electron chi connectivity index (χ4n) is 3.42. The minimum absolute atomic E-state index is 0.0116. The predicted molar refractivity (Wildman–Crippen MR) is 98.2 cm³/mol. The normalized spacial score (nSPS) is 21.0. The topological polar surface area (TPSA) is 60.9 Å². The van der Waals surface area contributed by atoms with Crippen LogP contribution in [0.5, 0.6) is 0 Å². The molecule has 2 aliphatic heterocycles. The number of amides is 3. The Morgan fingerprint density at radius 2 is 1.76 bits per heavy atom. The Bertz CT molecular complexity index is 714. The van der Waals surface area contributed by atoms with Crippen molar-refractivity contribution in [2.75, 3.05) is 37.6 Å². The van der Waals surface area contributed by atoms with Crippen molar-refractivity contribution in [2.45, 2.75) is 20.3 Å². The second-order valence-corrected chi connectivity index (χ2v) is 7.52. The largest absolute Gasteiger partial charge is 0.339 e. The van der Waals surface area contributed by atoms with E-state index in [1.54, 1.807) is 21.6 Å². The van der Waals surface area contributed by atoms with Gasteiger partial charge in [0, 0.05) is 56.2 Å². The molecule has 1 aromatic carbocycles. The van der Waals surface area contributed by atoms with E-state index in [4.69, 9.17) is 0 Å². The minimum atomic E-state index is -0.305. The van der Waals surface area contributed by atoms with E-state index in [0.717, 1.165) is 15.7 Å². The maximum atomic E-state index is 12.8. The van der Waals surface area contributed by atoms with Gasteiger partial charge in [-0.05, 0) is 30.7 Å². The van der Waals surface area contributed by atoms with Crippen LogP contribution in [0.15, 0.2) is 22.7 Å². The molecule has 6 nitrogen and oxygen atoms in total. The zero-order valence-corrected chi connectivity index (χ0v) is 16.1. The molecule has 7 heteroatoms. The Labute approximate surface area is 155 Å². The Hall–Kier alpha value is -1.89. The van der Waals surface area contributed by atoms with E-state index in [-0.39, 0.29) is 30.1 Å². The smallest absolute Gasteiger partial charge is 0.228 e. The number of rotatable bonds is 2. The molecule has 25 heavy (non-hydrogen) atoms. The molecule has 0 spiro atoms. The standard InChI is InChI=1S/C18H22BrN3O3/c1-12-9-15(3-4-16(12)19)22-11-14(10-17(22)24)18(25)21-7-5-20(6-8-21)13(2)23/h3-4,9,14H,5-8,10-11H2,1-2H3/t14-/m1/s1. The van der Waals surface area contributed by atoms with E-state index in [9.17, 15) is 14.4 Å². The van der Waals surface area contributed by atoms with Crippen molar-refractivity contribution in [1.29, 1.82) is 0 Å². The second-order valence-electron chi connectivity index (χ2n) is 6.67. The Morgan fingerprint density at radius 1 is 1.12 bits per heavy atom.